The molecule has 1 aromatic carbocycles. The fourth-order valence-electron chi connectivity index (χ4n) is 1.09. The summed E-state index contributed by atoms with van der Waals surface area (Å²) >= 11 is 5.80. The molecule has 1 N–H and O–H groups in total. The Morgan fingerprint density at radius 3 is 2.31 bits per heavy atom. The van der Waals surface area contributed by atoms with Crippen LogP contribution in [0.3, 0.4) is 0 Å². The molecule has 0 atom stereocenters. The fraction of sp³-hybridized carbons (Fsp3) is 0.455. The van der Waals surface area contributed by atoms with E-state index in [-0.39, 0.29) is 6.61 Å². The molecule has 1 aromatic rings. The summed E-state index contributed by atoms with van der Waals surface area (Å²) in [4.78, 5) is 0. The van der Waals surface area contributed by atoms with Crippen molar-refractivity contribution >= 4 is 11.6 Å². The molecule has 0 spiro atoms. The molecule has 2 heteroatoms. The normalized spacial score (nSPS) is 9.00. The molecule has 13 heavy (non-hydrogen) atoms. The van der Waals surface area contributed by atoms with Gasteiger partial charge in [0.25, 0.3) is 0 Å². The van der Waals surface area contributed by atoms with Crippen molar-refractivity contribution in [2.24, 2.45) is 0 Å². The van der Waals surface area contributed by atoms with Crippen molar-refractivity contribution in [1.82, 2.24) is 0 Å². The highest BCUT2D eigenvalue weighted by Crippen LogP contribution is 2.14. The van der Waals surface area contributed by atoms with Crippen molar-refractivity contribution in [3.8, 4) is 0 Å². The maximum atomic E-state index is 8.66. The maximum Gasteiger partial charge on any atom is 0.0471 e. The molecule has 1 nitrogen and oxygen atoms in total. The van der Waals surface area contributed by atoms with Crippen molar-refractivity contribution in [3.63, 3.8) is 0 Å². The van der Waals surface area contributed by atoms with E-state index in [2.05, 4.69) is 0 Å². The monoisotopic (exact) mass is 200 g/mol. The molecule has 0 saturated carbocycles. The number of benzene rings is 1. The number of halogens is 1. The highest BCUT2D eigenvalue weighted by molar-refractivity contribution is 6.30. The van der Waals surface area contributed by atoms with Gasteiger partial charge in [-0.3, -0.25) is 0 Å². The Morgan fingerprint density at radius 2 is 1.85 bits per heavy atom. The average molecular weight is 201 g/mol. The Balaban J connectivity index is 0.000000671. The van der Waals surface area contributed by atoms with E-state index < -0.39 is 0 Å². The third-order valence-electron chi connectivity index (χ3n) is 1.50. The van der Waals surface area contributed by atoms with Gasteiger partial charge in [0, 0.05) is 11.6 Å². The minimum atomic E-state index is 0.180. The third kappa shape index (κ3) is 4.91. The Hall–Kier alpha value is -0.530. The van der Waals surface area contributed by atoms with Crippen molar-refractivity contribution in [3.05, 3.63) is 34.3 Å². The van der Waals surface area contributed by atoms with Gasteiger partial charge in [-0.05, 0) is 36.6 Å². The molecule has 0 aliphatic rings. The van der Waals surface area contributed by atoms with Crippen LogP contribution in [0.1, 0.15) is 25.0 Å². The van der Waals surface area contributed by atoms with Crippen LogP contribution < -0.4 is 0 Å². The lowest BCUT2D eigenvalue weighted by molar-refractivity contribution is 0.299. The van der Waals surface area contributed by atoms with Gasteiger partial charge < -0.3 is 5.11 Å². The Bertz CT molecular complexity index is 226. The zero-order valence-electron chi connectivity index (χ0n) is 8.47. The number of rotatable bonds is 2. The van der Waals surface area contributed by atoms with E-state index in [9.17, 15) is 0 Å². The van der Waals surface area contributed by atoms with E-state index in [1.165, 1.54) is 0 Å². The highest BCUT2D eigenvalue weighted by atomic mass is 35.5. The smallest absolute Gasteiger partial charge is 0.0471 e. The van der Waals surface area contributed by atoms with Crippen LogP contribution in [0, 0.1) is 6.92 Å². The second-order valence-electron chi connectivity index (χ2n) is 2.61. The van der Waals surface area contributed by atoms with Crippen molar-refractivity contribution in [2.45, 2.75) is 27.2 Å². The van der Waals surface area contributed by atoms with Crippen LogP contribution in [0.4, 0.5) is 0 Å². The average Bonchev–Trinajstić information content (AvgIpc) is 2.06. The standard InChI is InChI=1S/C9H11ClO.C2H6/c1-7-4-8(2-3-11)6-9(10)5-7;1-2/h4-6,11H,2-3H2,1H3;1-2H3. The third-order valence-corrected chi connectivity index (χ3v) is 1.72. The van der Waals surface area contributed by atoms with Gasteiger partial charge in [0.15, 0.2) is 0 Å². The lowest BCUT2D eigenvalue weighted by Crippen LogP contribution is -1.90. The number of hydrogen-bond donors (Lipinski definition) is 1. The first-order valence-electron chi connectivity index (χ1n) is 4.59. The first-order valence-corrected chi connectivity index (χ1v) is 4.97. The predicted octanol–water partition coefficient (Wildman–Crippen LogP) is 3.21. The molecule has 0 fully saturated rings. The van der Waals surface area contributed by atoms with Gasteiger partial charge in [-0.2, -0.15) is 0 Å². The lowest BCUT2D eigenvalue weighted by atomic mass is 10.1. The van der Waals surface area contributed by atoms with Gasteiger partial charge in [-0.1, -0.05) is 31.5 Å². The summed E-state index contributed by atoms with van der Waals surface area (Å²) in [7, 11) is 0. The minimum Gasteiger partial charge on any atom is -0.396 e. The van der Waals surface area contributed by atoms with Gasteiger partial charge in [-0.15, -0.1) is 0 Å². The van der Waals surface area contributed by atoms with Crippen LogP contribution in [0.15, 0.2) is 18.2 Å². The van der Waals surface area contributed by atoms with Gasteiger partial charge in [0.05, 0.1) is 0 Å². The Kier molecular flexibility index (Phi) is 6.65. The van der Waals surface area contributed by atoms with Crippen molar-refractivity contribution in [2.75, 3.05) is 6.61 Å². The number of hydrogen-bond acceptors (Lipinski definition) is 1. The highest BCUT2D eigenvalue weighted by Gasteiger charge is 1.95. The minimum absolute atomic E-state index is 0.180. The number of aliphatic hydroxyl groups is 1. The number of aryl methyl sites for hydroxylation is 1. The summed E-state index contributed by atoms with van der Waals surface area (Å²) < 4.78 is 0. The topological polar surface area (TPSA) is 20.2 Å². The van der Waals surface area contributed by atoms with E-state index in [4.69, 9.17) is 16.7 Å². The van der Waals surface area contributed by atoms with Crippen molar-refractivity contribution in [1.29, 1.82) is 0 Å². The summed E-state index contributed by atoms with van der Waals surface area (Å²) in [6.45, 7) is 6.17. The molecule has 0 aromatic heterocycles. The second-order valence-corrected chi connectivity index (χ2v) is 3.05. The largest absolute Gasteiger partial charge is 0.396 e. The maximum absolute atomic E-state index is 8.66. The van der Waals surface area contributed by atoms with Crippen LogP contribution in [-0.2, 0) is 6.42 Å². The van der Waals surface area contributed by atoms with Gasteiger partial charge in [0.1, 0.15) is 0 Å². The van der Waals surface area contributed by atoms with Gasteiger partial charge >= 0.3 is 0 Å². The molecular formula is C11H17ClO. The molecule has 1 rings (SSSR count). The molecule has 0 amide bonds. The van der Waals surface area contributed by atoms with Crippen LogP contribution in [0.5, 0.6) is 0 Å². The SMILES string of the molecule is CC.Cc1cc(Cl)cc(CCO)c1. The summed E-state index contributed by atoms with van der Waals surface area (Å²) in [5.74, 6) is 0. The van der Waals surface area contributed by atoms with Crippen LogP contribution in [0.25, 0.3) is 0 Å². The summed E-state index contributed by atoms with van der Waals surface area (Å²) in [5, 5.41) is 9.40. The van der Waals surface area contributed by atoms with E-state index in [0.29, 0.717) is 6.42 Å². The van der Waals surface area contributed by atoms with E-state index in [1.54, 1.807) is 0 Å². The lowest BCUT2D eigenvalue weighted by Gasteiger charge is -2.00. The fourth-order valence-corrected chi connectivity index (χ4v) is 1.40. The first-order chi connectivity index (χ1) is 6.22. The first kappa shape index (κ1) is 12.5. The van der Waals surface area contributed by atoms with Gasteiger partial charge in [0.2, 0.25) is 0 Å². The second kappa shape index (κ2) is 6.93. The molecule has 0 saturated heterocycles. The van der Waals surface area contributed by atoms with E-state index in [0.717, 1.165) is 16.1 Å². The molecule has 0 radical (unpaired) electrons. The predicted molar refractivity (Wildman–Crippen MR) is 58.3 cm³/mol. The summed E-state index contributed by atoms with van der Waals surface area (Å²) in [5.41, 5.74) is 2.23. The molecule has 0 aliphatic heterocycles. The number of aliphatic hydroxyl groups excluding tert-OH is 1. The van der Waals surface area contributed by atoms with E-state index >= 15 is 0 Å². The molecular weight excluding hydrogens is 184 g/mol. The Labute approximate surface area is 85.4 Å². The summed E-state index contributed by atoms with van der Waals surface area (Å²) in [6.07, 6.45) is 0.682. The van der Waals surface area contributed by atoms with Gasteiger partial charge in [-0.25, -0.2) is 0 Å². The van der Waals surface area contributed by atoms with Crippen LogP contribution >= 0.6 is 11.6 Å². The van der Waals surface area contributed by atoms with Crippen LogP contribution in [0.2, 0.25) is 5.02 Å². The zero-order chi connectivity index (χ0) is 10.3. The van der Waals surface area contributed by atoms with Crippen LogP contribution in [-0.4, -0.2) is 11.7 Å². The van der Waals surface area contributed by atoms with E-state index in [1.807, 2.05) is 39.0 Å². The summed E-state index contributed by atoms with van der Waals surface area (Å²) in [6, 6.07) is 5.81. The Morgan fingerprint density at radius 1 is 1.23 bits per heavy atom. The molecule has 0 heterocycles. The zero-order valence-corrected chi connectivity index (χ0v) is 9.23. The molecule has 74 valence electrons. The molecule has 0 unspecified atom stereocenters. The molecule has 0 aliphatic carbocycles. The molecule has 0 bridgehead atoms. The van der Waals surface area contributed by atoms with Crippen molar-refractivity contribution < 1.29 is 5.11 Å². The quantitative estimate of drug-likeness (QED) is 0.778.